The highest BCUT2D eigenvalue weighted by atomic mass is 32.2. The first-order chi connectivity index (χ1) is 15.9. The summed E-state index contributed by atoms with van der Waals surface area (Å²) in [6, 6.07) is 11.4. The predicted molar refractivity (Wildman–Crippen MR) is 128 cm³/mol. The van der Waals surface area contributed by atoms with Crippen molar-refractivity contribution >= 4 is 20.1 Å². The van der Waals surface area contributed by atoms with Gasteiger partial charge in [-0.2, -0.15) is 18.0 Å². The molecule has 0 saturated carbocycles. The van der Waals surface area contributed by atoms with E-state index in [1.807, 2.05) is 26.8 Å². The summed E-state index contributed by atoms with van der Waals surface area (Å²) in [4.78, 5) is 2.04. The van der Waals surface area contributed by atoms with E-state index in [1.54, 1.807) is 18.2 Å². The maximum absolute atomic E-state index is 13.6. The first-order valence-electron chi connectivity index (χ1n) is 10.9. The number of hydrogen-bond donors (Lipinski definition) is 1. The Balaban J connectivity index is 2.04. The van der Waals surface area contributed by atoms with Crippen molar-refractivity contribution in [2.75, 3.05) is 32.7 Å². The lowest BCUT2D eigenvalue weighted by Crippen LogP contribution is -2.48. The number of sulfonamides is 1. The van der Waals surface area contributed by atoms with Crippen molar-refractivity contribution in [1.82, 2.24) is 9.21 Å². The van der Waals surface area contributed by atoms with Gasteiger partial charge in [0.25, 0.3) is 10.1 Å². The van der Waals surface area contributed by atoms with Gasteiger partial charge in [0.05, 0.1) is 6.07 Å². The third-order valence-corrected chi connectivity index (χ3v) is 8.66. The standard InChI is InChI=1S/C23H29N3O6S2/c1-4-25-7-9-26(10-8-25)33(27,28)23-15-19(14-21(16-24)34(29,30)31)5-6-22(23)32-20-12-17(2)11-18(3)13-20/h5-6,11-13,15,21H,4,7-10,14H2,1-3H3,(H,29,30,31). The highest BCUT2D eigenvalue weighted by Gasteiger charge is 2.32. The minimum atomic E-state index is -4.62. The summed E-state index contributed by atoms with van der Waals surface area (Å²) in [5.41, 5.74) is 2.19. The monoisotopic (exact) mass is 507 g/mol. The van der Waals surface area contributed by atoms with Crippen LogP contribution in [0.15, 0.2) is 41.3 Å². The van der Waals surface area contributed by atoms with Gasteiger partial charge in [-0.15, -0.1) is 0 Å². The van der Waals surface area contributed by atoms with Crippen LogP contribution in [0.5, 0.6) is 11.5 Å². The average molecular weight is 508 g/mol. The Morgan fingerprint density at radius 3 is 2.18 bits per heavy atom. The zero-order chi connectivity index (χ0) is 25.1. The van der Waals surface area contributed by atoms with E-state index >= 15 is 0 Å². The predicted octanol–water partition coefficient (Wildman–Crippen LogP) is 2.74. The lowest BCUT2D eigenvalue weighted by Gasteiger charge is -2.33. The van der Waals surface area contributed by atoms with Crippen LogP contribution in [0.1, 0.15) is 23.6 Å². The van der Waals surface area contributed by atoms with Crippen LogP contribution < -0.4 is 4.74 Å². The average Bonchev–Trinajstić information content (AvgIpc) is 2.76. The van der Waals surface area contributed by atoms with E-state index in [1.165, 1.54) is 22.5 Å². The molecule has 0 amide bonds. The van der Waals surface area contributed by atoms with E-state index in [9.17, 15) is 21.4 Å². The SMILES string of the molecule is CCN1CCN(S(=O)(=O)c2cc(CC(C#N)S(=O)(=O)O)ccc2Oc2cc(C)cc(C)c2)CC1. The molecule has 9 nitrogen and oxygen atoms in total. The molecule has 0 aromatic heterocycles. The Bertz CT molecular complexity index is 1270. The smallest absolute Gasteiger partial charge is 0.281 e. The number of piperazine rings is 1. The molecule has 1 aliphatic rings. The van der Waals surface area contributed by atoms with Gasteiger partial charge >= 0.3 is 0 Å². The maximum atomic E-state index is 13.6. The van der Waals surface area contributed by atoms with Gasteiger partial charge in [-0.1, -0.05) is 19.1 Å². The summed E-state index contributed by atoms with van der Waals surface area (Å²) < 4.78 is 67.0. The van der Waals surface area contributed by atoms with Gasteiger partial charge < -0.3 is 9.64 Å². The number of nitriles is 1. The molecular formula is C23H29N3O6S2. The summed E-state index contributed by atoms with van der Waals surface area (Å²) in [6.45, 7) is 8.49. The van der Waals surface area contributed by atoms with Gasteiger partial charge in [0, 0.05) is 32.6 Å². The molecule has 1 heterocycles. The van der Waals surface area contributed by atoms with Crippen LogP contribution >= 0.6 is 0 Å². The molecular weight excluding hydrogens is 478 g/mol. The van der Waals surface area contributed by atoms with Gasteiger partial charge in [0.2, 0.25) is 10.0 Å². The van der Waals surface area contributed by atoms with Crippen LogP contribution in [0.4, 0.5) is 0 Å². The second-order valence-corrected chi connectivity index (χ2v) is 11.9. The molecule has 11 heteroatoms. The van der Waals surface area contributed by atoms with Crippen LogP contribution in [-0.2, 0) is 26.6 Å². The summed E-state index contributed by atoms with van der Waals surface area (Å²) in [7, 11) is -8.60. The Kier molecular flexibility index (Phi) is 8.00. The highest BCUT2D eigenvalue weighted by molar-refractivity contribution is 7.89. The highest BCUT2D eigenvalue weighted by Crippen LogP contribution is 2.33. The number of hydrogen-bond acceptors (Lipinski definition) is 7. The van der Waals surface area contributed by atoms with Gasteiger partial charge in [-0.3, -0.25) is 4.55 Å². The minimum absolute atomic E-state index is 0.104. The molecule has 0 aliphatic carbocycles. The Labute approximate surface area is 201 Å². The molecule has 0 bridgehead atoms. The summed E-state index contributed by atoms with van der Waals surface area (Å²) in [6.07, 6.45) is -0.356. The summed E-state index contributed by atoms with van der Waals surface area (Å²) in [5.74, 6) is 0.581. The molecule has 34 heavy (non-hydrogen) atoms. The fourth-order valence-corrected chi connectivity index (χ4v) is 6.06. The van der Waals surface area contributed by atoms with Crippen molar-refractivity contribution in [3.63, 3.8) is 0 Å². The van der Waals surface area contributed by atoms with Gasteiger partial charge in [-0.05, 0) is 61.3 Å². The second-order valence-electron chi connectivity index (χ2n) is 8.38. The van der Waals surface area contributed by atoms with Gasteiger partial charge in [-0.25, -0.2) is 8.42 Å². The van der Waals surface area contributed by atoms with E-state index < -0.39 is 25.4 Å². The van der Waals surface area contributed by atoms with Crippen molar-refractivity contribution in [2.24, 2.45) is 0 Å². The van der Waals surface area contributed by atoms with Crippen LogP contribution in [0.3, 0.4) is 0 Å². The first kappa shape index (κ1) is 26.1. The van der Waals surface area contributed by atoms with Gasteiger partial charge in [0.15, 0.2) is 5.25 Å². The van der Waals surface area contributed by atoms with E-state index in [-0.39, 0.29) is 22.6 Å². The number of nitrogens with zero attached hydrogens (tertiary/aromatic N) is 3. The van der Waals surface area contributed by atoms with Crippen molar-refractivity contribution in [3.05, 3.63) is 53.1 Å². The number of rotatable bonds is 8. The van der Waals surface area contributed by atoms with Crippen LogP contribution in [0.2, 0.25) is 0 Å². The Morgan fingerprint density at radius 2 is 1.65 bits per heavy atom. The third kappa shape index (κ3) is 6.14. The molecule has 1 saturated heterocycles. The molecule has 1 unspecified atom stereocenters. The molecule has 0 spiro atoms. The third-order valence-electron chi connectivity index (χ3n) is 5.75. The number of benzene rings is 2. The normalized spacial score (nSPS) is 16.7. The van der Waals surface area contributed by atoms with Gasteiger partial charge in [0.1, 0.15) is 16.4 Å². The molecule has 1 aliphatic heterocycles. The molecule has 1 N–H and O–H groups in total. The molecule has 3 rings (SSSR count). The number of likely N-dealkylation sites (N-methyl/N-ethyl adjacent to an activating group) is 1. The number of ether oxygens (including phenoxy) is 1. The van der Waals surface area contributed by atoms with Crippen molar-refractivity contribution < 1.29 is 26.1 Å². The molecule has 0 radical (unpaired) electrons. The van der Waals surface area contributed by atoms with E-state index in [4.69, 9.17) is 10.00 Å². The summed E-state index contributed by atoms with van der Waals surface area (Å²) in [5, 5.41) is 7.45. The lowest BCUT2D eigenvalue weighted by molar-refractivity contribution is 0.196. The van der Waals surface area contributed by atoms with Crippen LogP contribution in [0, 0.1) is 25.2 Å². The van der Waals surface area contributed by atoms with E-state index in [0.717, 1.165) is 17.7 Å². The maximum Gasteiger partial charge on any atom is 0.281 e. The van der Waals surface area contributed by atoms with E-state index in [0.29, 0.717) is 31.9 Å². The van der Waals surface area contributed by atoms with Crippen LogP contribution in [0.25, 0.3) is 0 Å². The quantitative estimate of drug-likeness (QED) is 0.540. The fourth-order valence-electron chi connectivity index (χ4n) is 3.94. The van der Waals surface area contributed by atoms with Crippen LogP contribution in [-0.4, -0.2) is 68.6 Å². The second kappa shape index (κ2) is 10.4. The number of aryl methyl sites for hydroxylation is 2. The molecule has 1 fully saturated rings. The Hall–Kier alpha value is -2.49. The topological polar surface area (TPSA) is 128 Å². The lowest BCUT2D eigenvalue weighted by atomic mass is 10.1. The minimum Gasteiger partial charge on any atom is -0.456 e. The van der Waals surface area contributed by atoms with E-state index in [2.05, 4.69) is 4.90 Å². The zero-order valence-corrected chi connectivity index (χ0v) is 21.1. The summed E-state index contributed by atoms with van der Waals surface area (Å²) >= 11 is 0. The molecule has 2 aromatic carbocycles. The first-order valence-corrected chi connectivity index (χ1v) is 13.9. The van der Waals surface area contributed by atoms with Crippen molar-refractivity contribution in [2.45, 2.75) is 37.3 Å². The molecule has 2 aromatic rings. The van der Waals surface area contributed by atoms with Crippen molar-refractivity contribution in [3.8, 4) is 17.6 Å². The molecule has 1 atom stereocenters. The largest absolute Gasteiger partial charge is 0.456 e. The molecule has 184 valence electrons. The zero-order valence-electron chi connectivity index (χ0n) is 19.4. The fraction of sp³-hybridized carbons (Fsp3) is 0.435. The van der Waals surface area contributed by atoms with Crippen molar-refractivity contribution in [1.29, 1.82) is 5.26 Å². The Morgan fingerprint density at radius 1 is 1.03 bits per heavy atom.